The van der Waals surface area contributed by atoms with Crippen LogP contribution in [0.3, 0.4) is 0 Å². The summed E-state index contributed by atoms with van der Waals surface area (Å²) < 4.78 is 5.17. The molecule has 5 nitrogen and oxygen atoms in total. The zero-order chi connectivity index (χ0) is 22.2. The monoisotopic (exact) mass is 436 g/mol. The predicted octanol–water partition coefficient (Wildman–Crippen LogP) is 4.75. The van der Waals surface area contributed by atoms with Crippen LogP contribution in [0.25, 0.3) is 0 Å². The third-order valence-electron chi connectivity index (χ3n) is 4.97. The van der Waals surface area contributed by atoms with Gasteiger partial charge in [-0.2, -0.15) is 0 Å². The lowest BCUT2D eigenvalue weighted by Gasteiger charge is -2.30. The molecular weight excluding hydrogens is 412 g/mol. The number of halogens is 1. The number of nitrogens with one attached hydrogen (secondary N) is 1. The highest BCUT2D eigenvalue weighted by molar-refractivity contribution is 6.30. The van der Waals surface area contributed by atoms with E-state index >= 15 is 0 Å². The molecule has 0 saturated heterocycles. The Hall–Kier alpha value is -3.31. The van der Waals surface area contributed by atoms with Crippen molar-refractivity contribution in [3.8, 4) is 5.75 Å². The second kappa shape index (κ2) is 10.6. The number of hydrogen-bond acceptors (Lipinski definition) is 3. The van der Waals surface area contributed by atoms with E-state index in [1.165, 1.54) is 6.92 Å². The largest absolute Gasteiger partial charge is 0.497 e. The summed E-state index contributed by atoms with van der Waals surface area (Å²) >= 11 is 5.99. The molecule has 6 heteroatoms. The number of hydrogen-bond donors (Lipinski definition) is 1. The SMILES string of the molecule is COc1ccc(CNC(=O)[C@H](c2ccccc2)N(Cc2ccc(Cl)cc2)C(C)=O)cc1. The van der Waals surface area contributed by atoms with Gasteiger partial charge in [0.25, 0.3) is 0 Å². The average molecular weight is 437 g/mol. The second-order valence-electron chi connectivity index (χ2n) is 7.15. The minimum absolute atomic E-state index is 0.191. The maximum Gasteiger partial charge on any atom is 0.247 e. The first kappa shape index (κ1) is 22.4. The first-order valence-electron chi connectivity index (χ1n) is 9.95. The number of nitrogens with zero attached hydrogens (tertiary/aromatic N) is 1. The second-order valence-corrected chi connectivity index (χ2v) is 7.59. The molecular formula is C25H25ClN2O3. The maximum atomic E-state index is 13.3. The Kier molecular flexibility index (Phi) is 7.68. The molecule has 0 spiro atoms. The van der Waals surface area contributed by atoms with Gasteiger partial charge >= 0.3 is 0 Å². The summed E-state index contributed by atoms with van der Waals surface area (Å²) in [5.41, 5.74) is 2.58. The smallest absolute Gasteiger partial charge is 0.247 e. The van der Waals surface area contributed by atoms with Crippen molar-refractivity contribution in [1.82, 2.24) is 10.2 Å². The summed E-state index contributed by atoms with van der Waals surface area (Å²) in [7, 11) is 1.61. The highest BCUT2D eigenvalue weighted by Gasteiger charge is 2.29. The van der Waals surface area contributed by atoms with Crippen LogP contribution in [0.5, 0.6) is 5.75 Å². The number of methoxy groups -OCH3 is 1. The molecule has 0 aliphatic carbocycles. The van der Waals surface area contributed by atoms with Crippen molar-refractivity contribution in [2.24, 2.45) is 0 Å². The van der Waals surface area contributed by atoms with Crippen molar-refractivity contribution in [3.63, 3.8) is 0 Å². The first-order valence-corrected chi connectivity index (χ1v) is 10.3. The molecule has 0 heterocycles. The lowest BCUT2D eigenvalue weighted by atomic mass is 10.0. The van der Waals surface area contributed by atoms with Crippen LogP contribution >= 0.6 is 11.6 Å². The van der Waals surface area contributed by atoms with E-state index in [1.807, 2.05) is 66.7 Å². The molecule has 1 atom stereocenters. The highest BCUT2D eigenvalue weighted by Crippen LogP contribution is 2.24. The molecule has 0 aromatic heterocycles. The molecule has 0 unspecified atom stereocenters. The van der Waals surface area contributed by atoms with Crippen LogP contribution in [0.4, 0.5) is 0 Å². The van der Waals surface area contributed by atoms with Gasteiger partial charge in [0.1, 0.15) is 11.8 Å². The number of ether oxygens (including phenoxy) is 1. The van der Waals surface area contributed by atoms with Gasteiger partial charge in [-0.3, -0.25) is 9.59 Å². The van der Waals surface area contributed by atoms with Crippen molar-refractivity contribution >= 4 is 23.4 Å². The summed E-state index contributed by atoms with van der Waals surface area (Å²) in [5.74, 6) is 0.317. The fourth-order valence-electron chi connectivity index (χ4n) is 3.31. The van der Waals surface area contributed by atoms with E-state index in [9.17, 15) is 9.59 Å². The van der Waals surface area contributed by atoms with Crippen LogP contribution in [0.2, 0.25) is 5.02 Å². The molecule has 0 aliphatic heterocycles. The van der Waals surface area contributed by atoms with Crippen molar-refractivity contribution in [1.29, 1.82) is 0 Å². The molecule has 3 aromatic rings. The summed E-state index contributed by atoms with van der Waals surface area (Å²) in [5, 5.41) is 3.59. The molecule has 0 aliphatic rings. The number of carbonyl (C=O) groups is 2. The van der Waals surface area contributed by atoms with Gasteiger partial charge in [0.15, 0.2) is 0 Å². The Morgan fingerprint density at radius 3 is 2.13 bits per heavy atom. The van der Waals surface area contributed by atoms with Crippen molar-refractivity contribution in [3.05, 3.63) is 101 Å². The molecule has 3 rings (SSSR count). The quantitative estimate of drug-likeness (QED) is 0.554. The molecule has 0 saturated carbocycles. The lowest BCUT2D eigenvalue weighted by molar-refractivity contribution is -0.140. The lowest BCUT2D eigenvalue weighted by Crippen LogP contribution is -2.42. The van der Waals surface area contributed by atoms with Crippen LogP contribution < -0.4 is 10.1 Å². The van der Waals surface area contributed by atoms with Crippen LogP contribution in [-0.4, -0.2) is 23.8 Å². The standard InChI is InChI=1S/C25H25ClN2O3/c1-18(29)28(17-20-8-12-22(26)13-9-20)24(21-6-4-3-5-7-21)25(30)27-16-19-10-14-23(31-2)15-11-19/h3-15,24H,16-17H2,1-2H3,(H,27,30)/t24-/m0/s1. The molecule has 160 valence electrons. The van der Waals surface area contributed by atoms with Gasteiger partial charge in [-0.15, -0.1) is 0 Å². The summed E-state index contributed by atoms with van der Waals surface area (Å²) in [6.07, 6.45) is 0. The Morgan fingerprint density at radius 1 is 0.935 bits per heavy atom. The normalized spacial score (nSPS) is 11.5. The fraction of sp³-hybridized carbons (Fsp3) is 0.200. The van der Waals surface area contributed by atoms with Crippen molar-refractivity contribution < 1.29 is 14.3 Å². The molecule has 0 fully saturated rings. The van der Waals surface area contributed by atoms with E-state index in [0.29, 0.717) is 18.1 Å². The molecule has 0 bridgehead atoms. The third kappa shape index (κ3) is 6.09. The molecule has 31 heavy (non-hydrogen) atoms. The van der Waals surface area contributed by atoms with Gasteiger partial charge in [0.2, 0.25) is 11.8 Å². The van der Waals surface area contributed by atoms with Gasteiger partial charge in [0, 0.05) is 25.0 Å². The fourth-order valence-corrected chi connectivity index (χ4v) is 3.43. The van der Waals surface area contributed by atoms with Gasteiger partial charge in [-0.25, -0.2) is 0 Å². The van der Waals surface area contributed by atoms with E-state index < -0.39 is 6.04 Å². The molecule has 2 amide bonds. The third-order valence-corrected chi connectivity index (χ3v) is 5.22. The van der Waals surface area contributed by atoms with Gasteiger partial charge < -0.3 is 15.0 Å². The van der Waals surface area contributed by atoms with E-state index in [1.54, 1.807) is 24.1 Å². The van der Waals surface area contributed by atoms with Gasteiger partial charge in [-0.1, -0.05) is 66.2 Å². The van der Waals surface area contributed by atoms with Crippen LogP contribution in [0, 0.1) is 0 Å². The Balaban J connectivity index is 1.83. The number of amides is 2. The van der Waals surface area contributed by atoms with Crippen molar-refractivity contribution in [2.45, 2.75) is 26.1 Å². The Bertz CT molecular complexity index is 1010. The molecule has 3 aromatic carbocycles. The number of rotatable bonds is 8. The minimum atomic E-state index is -0.757. The highest BCUT2D eigenvalue weighted by atomic mass is 35.5. The van der Waals surface area contributed by atoms with E-state index in [0.717, 1.165) is 22.4 Å². The van der Waals surface area contributed by atoms with Crippen LogP contribution in [0.1, 0.15) is 29.7 Å². The van der Waals surface area contributed by atoms with Gasteiger partial charge in [-0.05, 0) is 41.0 Å². The Morgan fingerprint density at radius 2 is 1.55 bits per heavy atom. The number of carbonyl (C=O) groups excluding carboxylic acids is 2. The number of benzene rings is 3. The first-order chi connectivity index (χ1) is 15.0. The zero-order valence-corrected chi connectivity index (χ0v) is 18.3. The van der Waals surface area contributed by atoms with Crippen LogP contribution in [-0.2, 0) is 22.7 Å². The predicted molar refractivity (Wildman–Crippen MR) is 122 cm³/mol. The maximum absolute atomic E-state index is 13.3. The molecule has 0 radical (unpaired) electrons. The van der Waals surface area contributed by atoms with Crippen LogP contribution in [0.15, 0.2) is 78.9 Å². The summed E-state index contributed by atoms with van der Waals surface area (Å²) in [6, 6.07) is 23.3. The Labute approximate surface area is 187 Å². The molecule has 1 N–H and O–H groups in total. The van der Waals surface area contributed by atoms with Gasteiger partial charge in [0.05, 0.1) is 7.11 Å². The average Bonchev–Trinajstić information content (AvgIpc) is 2.79. The van der Waals surface area contributed by atoms with E-state index in [2.05, 4.69) is 5.32 Å². The zero-order valence-electron chi connectivity index (χ0n) is 17.5. The van der Waals surface area contributed by atoms with E-state index in [-0.39, 0.29) is 11.8 Å². The van der Waals surface area contributed by atoms with E-state index in [4.69, 9.17) is 16.3 Å². The minimum Gasteiger partial charge on any atom is -0.497 e. The van der Waals surface area contributed by atoms with Crippen molar-refractivity contribution in [2.75, 3.05) is 7.11 Å². The topological polar surface area (TPSA) is 58.6 Å². The summed E-state index contributed by atoms with van der Waals surface area (Å²) in [6.45, 7) is 2.11. The summed E-state index contributed by atoms with van der Waals surface area (Å²) in [4.78, 5) is 27.4.